The molecule has 0 aromatic heterocycles. The van der Waals surface area contributed by atoms with Gasteiger partial charge < -0.3 is 0 Å². The van der Waals surface area contributed by atoms with E-state index in [2.05, 4.69) is 46.8 Å². The van der Waals surface area contributed by atoms with E-state index in [9.17, 15) is 26.3 Å². The van der Waals surface area contributed by atoms with Crippen LogP contribution in [0, 0.1) is 109 Å². The third-order valence-electron chi connectivity index (χ3n) is 19.8. The molecule has 0 N–H and O–H groups in total. The molecule has 10 rings (SSSR count). The smallest absolute Gasteiger partial charge is 0.166 e. The largest absolute Gasteiger partial charge is 0.203 e. The van der Waals surface area contributed by atoms with Gasteiger partial charge in [0.15, 0.2) is 34.9 Å². The first-order valence-corrected chi connectivity index (χ1v) is 29.9. The van der Waals surface area contributed by atoms with Gasteiger partial charge in [0.2, 0.25) is 0 Å². The summed E-state index contributed by atoms with van der Waals surface area (Å²) in [6, 6.07) is 18.3. The van der Waals surface area contributed by atoms with Crippen LogP contribution in [0.1, 0.15) is 240 Å². The van der Waals surface area contributed by atoms with Gasteiger partial charge in [0.1, 0.15) is 0 Å². The first-order valence-electron chi connectivity index (χ1n) is 29.9. The lowest BCUT2D eigenvalue weighted by Gasteiger charge is -2.37. The van der Waals surface area contributed by atoms with Gasteiger partial charge in [-0.3, -0.25) is 0 Å². The normalized spacial score (nSPS) is 30.4. The fourth-order valence-electron chi connectivity index (χ4n) is 14.1. The molecular weight excluding hydrogens is 931 g/mol. The Kier molecular flexibility index (Phi) is 21.7. The van der Waals surface area contributed by atoms with Gasteiger partial charge in [0.05, 0.1) is 0 Å². The predicted octanol–water partition coefficient (Wildman–Crippen LogP) is 21.8. The summed E-state index contributed by atoms with van der Waals surface area (Å²) in [6.07, 6.45) is 31.4. The van der Waals surface area contributed by atoms with E-state index in [0.717, 1.165) is 97.3 Å². The highest BCUT2D eigenvalue weighted by molar-refractivity contribution is 5.65. The van der Waals surface area contributed by atoms with Crippen molar-refractivity contribution >= 4 is 0 Å². The van der Waals surface area contributed by atoms with E-state index in [4.69, 9.17) is 0 Å². The van der Waals surface area contributed by atoms with Crippen molar-refractivity contribution in [3.8, 4) is 11.1 Å². The van der Waals surface area contributed by atoms with Crippen LogP contribution in [0.5, 0.6) is 0 Å². The van der Waals surface area contributed by atoms with Crippen molar-refractivity contribution in [2.75, 3.05) is 0 Å². The number of hydrogen-bond donors (Lipinski definition) is 0. The molecule has 0 heterocycles. The Balaban J connectivity index is 0.000000147. The van der Waals surface area contributed by atoms with Gasteiger partial charge in [-0.25, -0.2) is 26.3 Å². The number of aryl methyl sites for hydroxylation is 3. The molecule has 74 heavy (non-hydrogen) atoms. The highest BCUT2D eigenvalue weighted by Gasteiger charge is 2.33. The second-order valence-corrected chi connectivity index (χ2v) is 25.5. The van der Waals surface area contributed by atoms with Gasteiger partial charge in [-0.05, 0) is 221 Å². The molecule has 0 nitrogen and oxygen atoms in total. The summed E-state index contributed by atoms with van der Waals surface area (Å²) in [6.45, 7) is 16.6. The first kappa shape index (κ1) is 58.1. The number of hydrogen-bond acceptors (Lipinski definition) is 0. The summed E-state index contributed by atoms with van der Waals surface area (Å²) in [5.41, 5.74) is 4.74. The maximum Gasteiger partial charge on any atom is 0.166 e. The lowest BCUT2D eigenvalue weighted by Crippen LogP contribution is -2.25. The van der Waals surface area contributed by atoms with Gasteiger partial charge in [-0.2, -0.15) is 0 Å². The number of halogens is 6. The van der Waals surface area contributed by atoms with Crippen molar-refractivity contribution < 1.29 is 26.3 Å². The fourth-order valence-corrected chi connectivity index (χ4v) is 14.1. The Hall–Kier alpha value is -3.54. The van der Waals surface area contributed by atoms with Crippen molar-refractivity contribution in [2.45, 2.75) is 227 Å². The molecule has 4 aromatic carbocycles. The predicted molar refractivity (Wildman–Crippen MR) is 298 cm³/mol. The van der Waals surface area contributed by atoms with E-state index < -0.39 is 34.9 Å². The first-order chi connectivity index (χ1) is 35.5. The molecule has 0 aliphatic heterocycles. The van der Waals surface area contributed by atoms with Crippen molar-refractivity contribution in [3.63, 3.8) is 0 Å². The minimum atomic E-state index is -0.751. The molecule has 0 saturated heterocycles. The van der Waals surface area contributed by atoms with E-state index in [-0.39, 0.29) is 11.8 Å². The summed E-state index contributed by atoms with van der Waals surface area (Å²) in [4.78, 5) is 0. The summed E-state index contributed by atoms with van der Waals surface area (Å²) >= 11 is 0. The second-order valence-electron chi connectivity index (χ2n) is 25.5. The summed E-state index contributed by atoms with van der Waals surface area (Å²) in [7, 11) is 0. The number of rotatable bonds is 6. The van der Waals surface area contributed by atoms with Gasteiger partial charge in [-0.15, -0.1) is 0 Å². The Morgan fingerprint density at radius 1 is 0.270 bits per heavy atom. The average Bonchev–Trinajstić information content (AvgIpc) is 3.41. The average molecular weight is 1030 g/mol. The molecule has 6 aliphatic rings. The van der Waals surface area contributed by atoms with Crippen LogP contribution in [0.4, 0.5) is 26.3 Å². The Morgan fingerprint density at radius 3 is 0.892 bits per heavy atom. The highest BCUT2D eigenvalue weighted by atomic mass is 19.2. The summed E-state index contributed by atoms with van der Waals surface area (Å²) in [5.74, 6) is 5.43. The quantitative estimate of drug-likeness (QED) is 0.169. The summed E-state index contributed by atoms with van der Waals surface area (Å²) in [5, 5.41) is 0. The van der Waals surface area contributed by atoms with Crippen molar-refractivity contribution in [2.24, 2.45) is 53.3 Å². The zero-order chi connectivity index (χ0) is 53.1. The van der Waals surface area contributed by atoms with E-state index >= 15 is 0 Å². The molecule has 4 aromatic rings. The molecule has 0 radical (unpaired) electrons. The molecule has 6 heteroatoms. The van der Waals surface area contributed by atoms with Crippen LogP contribution in [-0.4, -0.2) is 0 Å². The second kappa shape index (κ2) is 27.7. The van der Waals surface area contributed by atoms with E-state index in [1.54, 1.807) is 82.9 Å². The van der Waals surface area contributed by atoms with Crippen molar-refractivity contribution in [1.29, 1.82) is 0 Å². The van der Waals surface area contributed by atoms with Crippen LogP contribution in [0.2, 0.25) is 0 Å². The third-order valence-corrected chi connectivity index (χ3v) is 19.8. The topological polar surface area (TPSA) is 0 Å². The van der Waals surface area contributed by atoms with Gasteiger partial charge in [-0.1, -0.05) is 159 Å². The number of benzene rings is 4. The monoisotopic (exact) mass is 1020 g/mol. The summed E-state index contributed by atoms with van der Waals surface area (Å²) < 4.78 is 82.9. The van der Waals surface area contributed by atoms with Crippen LogP contribution < -0.4 is 0 Å². The van der Waals surface area contributed by atoms with E-state index in [0.29, 0.717) is 39.3 Å². The maximum absolute atomic E-state index is 14.2. The molecular formula is C68H94F6. The zero-order valence-electron chi connectivity index (χ0n) is 46.9. The maximum atomic E-state index is 14.2. The minimum Gasteiger partial charge on any atom is -0.203 e. The van der Waals surface area contributed by atoms with Crippen LogP contribution in [0.25, 0.3) is 11.1 Å². The lowest BCUT2D eigenvalue weighted by molar-refractivity contribution is 0.155. The van der Waals surface area contributed by atoms with Crippen LogP contribution >= 0.6 is 0 Å². The molecule has 0 amide bonds. The van der Waals surface area contributed by atoms with Crippen LogP contribution in [0.3, 0.4) is 0 Å². The third kappa shape index (κ3) is 15.6. The molecule has 0 atom stereocenters. The standard InChI is InChI=1S/C20H28F2.C20H22F2.C14H18F2.C14H26/c2*1-13-3-6-15(7-4-13)16-8-10-17(11-9-16)18-12-5-14(2)19(21)20(18)22;1-9-3-6-11(7-4-9)12-8-5-10(2)13(15)14(12)16;1-11-3-7-13(8-4-11)14-9-5-12(2)6-10-14/h5,12-13,15-17H,3-4,6-11H2,1-2H3;5,8-13,15H,3-4,6-7H2,1-2H3;5,8-9,11H,3-4,6-7H2,1-2H3;11-14H,3-10H2,1-2H3. The molecule has 0 unspecified atom stereocenters. The molecule has 408 valence electrons. The van der Waals surface area contributed by atoms with Crippen LogP contribution in [-0.2, 0) is 0 Å². The SMILES string of the molecule is CC1CCC(C2CCC(C)CC2)CC1.Cc1ccc(-c2ccc(C3CCC(C)CC3)cc2)c(F)c1F.Cc1ccc(C2CCC(C)CC2)c(F)c1F.Cc1ccc(C2CCC(C3CCC(C)CC3)CC2)c(F)c1F. The van der Waals surface area contributed by atoms with Gasteiger partial charge in [0.25, 0.3) is 0 Å². The van der Waals surface area contributed by atoms with E-state index in [1.165, 1.54) is 95.5 Å². The van der Waals surface area contributed by atoms with Crippen molar-refractivity contribution in [1.82, 2.24) is 0 Å². The molecule has 0 spiro atoms. The molecule has 0 bridgehead atoms. The van der Waals surface area contributed by atoms with E-state index in [1.807, 2.05) is 12.1 Å². The molecule has 6 saturated carbocycles. The van der Waals surface area contributed by atoms with Crippen molar-refractivity contribution in [3.05, 3.63) is 129 Å². The Bertz CT molecular complexity index is 2300. The zero-order valence-corrected chi connectivity index (χ0v) is 46.9. The lowest BCUT2D eigenvalue weighted by atomic mass is 9.68. The Morgan fingerprint density at radius 2 is 0.541 bits per heavy atom. The van der Waals surface area contributed by atoms with Gasteiger partial charge >= 0.3 is 0 Å². The minimum absolute atomic E-state index is 0.214. The molecule has 6 aliphatic carbocycles. The fraction of sp³-hybridized carbons (Fsp3) is 0.647. The Labute approximate surface area is 445 Å². The van der Waals surface area contributed by atoms with Gasteiger partial charge in [0, 0.05) is 5.56 Å². The highest BCUT2D eigenvalue weighted by Crippen LogP contribution is 2.46. The molecule has 6 fully saturated rings. The van der Waals surface area contributed by atoms with Crippen LogP contribution in [0.15, 0.2) is 60.7 Å².